The first kappa shape index (κ1) is 8.93. The van der Waals surface area contributed by atoms with E-state index < -0.39 is 0 Å². The van der Waals surface area contributed by atoms with Gasteiger partial charge >= 0.3 is 0 Å². The molecule has 0 aliphatic heterocycles. The summed E-state index contributed by atoms with van der Waals surface area (Å²) in [6.07, 6.45) is 11.9. The molecule has 0 saturated heterocycles. The van der Waals surface area contributed by atoms with Crippen LogP contribution in [-0.4, -0.2) is 6.13 Å². The van der Waals surface area contributed by atoms with Crippen molar-refractivity contribution in [2.24, 2.45) is 0 Å². The van der Waals surface area contributed by atoms with Crippen molar-refractivity contribution in [3.63, 3.8) is 0 Å². The SMILES string of the molecule is ClB(C1CCCC1)C1CCCC1. The zero-order valence-corrected chi connectivity index (χ0v) is 8.52. The maximum atomic E-state index is 6.49. The second kappa shape index (κ2) is 4.04. The van der Waals surface area contributed by atoms with E-state index in [1.807, 2.05) is 0 Å². The Morgan fingerprint density at radius 1 is 0.750 bits per heavy atom. The van der Waals surface area contributed by atoms with Crippen molar-refractivity contribution in [2.45, 2.75) is 63.0 Å². The van der Waals surface area contributed by atoms with Gasteiger partial charge in [-0.25, -0.2) is 0 Å². The lowest BCUT2D eigenvalue weighted by atomic mass is 9.52. The Labute approximate surface area is 81.1 Å². The molecule has 0 spiro atoms. The van der Waals surface area contributed by atoms with Crippen molar-refractivity contribution in [3.05, 3.63) is 0 Å². The third-order valence-electron chi connectivity index (χ3n) is 3.70. The summed E-state index contributed by atoms with van der Waals surface area (Å²) in [5.74, 6) is 1.74. The van der Waals surface area contributed by atoms with Gasteiger partial charge in [-0.15, -0.1) is 0 Å². The molecule has 0 heterocycles. The molecule has 2 rings (SSSR count). The minimum absolute atomic E-state index is 0.523. The maximum absolute atomic E-state index is 6.49. The first-order valence-electron chi connectivity index (χ1n) is 5.52. The van der Waals surface area contributed by atoms with E-state index in [2.05, 4.69) is 0 Å². The number of halogens is 1. The van der Waals surface area contributed by atoms with Crippen LogP contribution in [0.1, 0.15) is 51.4 Å². The lowest BCUT2D eigenvalue weighted by Gasteiger charge is -2.18. The Kier molecular flexibility index (Phi) is 3.01. The highest BCUT2D eigenvalue weighted by atomic mass is 35.5. The van der Waals surface area contributed by atoms with Crippen LogP contribution in [0, 0.1) is 0 Å². The molecule has 0 amide bonds. The molecule has 0 aromatic carbocycles. The molecule has 0 atom stereocenters. The molecule has 2 heteroatoms. The monoisotopic (exact) mass is 184 g/mol. The van der Waals surface area contributed by atoms with E-state index in [0.717, 1.165) is 11.6 Å². The van der Waals surface area contributed by atoms with Gasteiger partial charge in [-0.3, -0.25) is 0 Å². The predicted octanol–water partition coefficient (Wildman–Crippen LogP) is 4.11. The lowest BCUT2D eigenvalue weighted by molar-refractivity contribution is 0.789. The maximum Gasteiger partial charge on any atom is 0.256 e. The Hall–Kier alpha value is 0.355. The molecule has 0 nitrogen and oxygen atoms in total. The number of hydrogen-bond donors (Lipinski definition) is 0. The summed E-state index contributed by atoms with van der Waals surface area (Å²) in [5, 5.41) is 0. The third kappa shape index (κ3) is 1.81. The molecule has 0 aromatic rings. The molecule has 0 radical (unpaired) electrons. The van der Waals surface area contributed by atoms with E-state index in [0.29, 0.717) is 6.13 Å². The van der Waals surface area contributed by atoms with E-state index in [-0.39, 0.29) is 0 Å². The van der Waals surface area contributed by atoms with Crippen LogP contribution in [0.4, 0.5) is 0 Å². The van der Waals surface area contributed by atoms with E-state index in [9.17, 15) is 0 Å². The summed E-state index contributed by atoms with van der Waals surface area (Å²) in [6.45, 7) is 0. The van der Waals surface area contributed by atoms with Crippen LogP contribution >= 0.6 is 11.5 Å². The second-order valence-corrected chi connectivity index (χ2v) is 5.04. The minimum Gasteiger partial charge on any atom is -0.195 e. The van der Waals surface area contributed by atoms with Crippen molar-refractivity contribution in [1.82, 2.24) is 0 Å². The molecule has 12 heavy (non-hydrogen) atoms. The minimum atomic E-state index is 0.523. The van der Waals surface area contributed by atoms with Crippen LogP contribution in [0.3, 0.4) is 0 Å². The largest absolute Gasteiger partial charge is 0.256 e. The van der Waals surface area contributed by atoms with Gasteiger partial charge in [0.1, 0.15) is 0 Å². The average Bonchev–Trinajstić information content (AvgIpc) is 2.77. The van der Waals surface area contributed by atoms with Gasteiger partial charge in [0.25, 0.3) is 6.13 Å². The first-order valence-corrected chi connectivity index (χ1v) is 5.95. The topological polar surface area (TPSA) is 0 Å². The molecular formula is C10H18BCl. The van der Waals surface area contributed by atoms with Gasteiger partial charge in [-0.2, -0.15) is 11.5 Å². The van der Waals surface area contributed by atoms with E-state index in [1.165, 1.54) is 51.4 Å². The molecule has 0 bridgehead atoms. The molecule has 0 N–H and O–H groups in total. The Morgan fingerprint density at radius 2 is 1.08 bits per heavy atom. The molecular weight excluding hydrogens is 166 g/mol. The van der Waals surface area contributed by atoms with Gasteiger partial charge in [-0.1, -0.05) is 51.4 Å². The van der Waals surface area contributed by atoms with Crippen LogP contribution in [0.5, 0.6) is 0 Å². The normalized spacial score (nSPS) is 26.8. The van der Waals surface area contributed by atoms with Crippen molar-refractivity contribution in [1.29, 1.82) is 0 Å². The van der Waals surface area contributed by atoms with E-state index in [4.69, 9.17) is 11.5 Å². The zero-order chi connectivity index (χ0) is 8.39. The zero-order valence-electron chi connectivity index (χ0n) is 7.77. The Bertz CT molecular complexity index is 121. The average molecular weight is 185 g/mol. The van der Waals surface area contributed by atoms with Gasteiger partial charge in [0, 0.05) is 0 Å². The summed E-state index contributed by atoms with van der Waals surface area (Å²) in [6, 6.07) is 0. The second-order valence-electron chi connectivity index (χ2n) is 4.53. The van der Waals surface area contributed by atoms with Crippen LogP contribution in [0.2, 0.25) is 11.6 Å². The van der Waals surface area contributed by atoms with Crippen molar-refractivity contribution in [3.8, 4) is 0 Å². The highest BCUT2D eigenvalue weighted by Gasteiger charge is 2.34. The standard InChI is InChI=1S/C10H18BCl/c12-11(9-5-1-2-6-9)10-7-3-4-8-10/h9-10H,1-8H2. The number of hydrogen-bond acceptors (Lipinski definition) is 0. The Balaban J connectivity index is 1.84. The van der Waals surface area contributed by atoms with Gasteiger partial charge in [0.05, 0.1) is 0 Å². The van der Waals surface area contributed by atoms with E-state index in [1.54, 1.807) is 0 Å². The summed E-state index contributed by atoms with van der Waals surface area (Å²) in [7, 11) is 0. The highest BCUT2D eigenvalue weighted by molar-refractivity contribution is 7.08. The van der Waals surface area contributed by atoms with Crippen molar-refractivity contribution >= 4 is 17.6 Å². The molecule has 2 saturated carbocycles. The fraction of sp³-hybridized carbons (Fsp3) is 1.00. The quantitative estimate of drug-likeness (QED) is 0.567. The first-order chi connectivity index (χ1) is 5.88. The van der Waals surface area contributed by atoms with Gasteiger partial charge < -0.3 is 0 Å². The van der Waals surface area contributed by atoms with Crippen LogP contribution < -0.4 is 0 Å². The molecule has 2 aliphatic rings. The fourth-order valence-corrected chi connectivity index (χ4v) is 3.44. The van der Waals surface area contributed by atoms with Gasteiger partial charge in [-0.05, 0) is 11.6 Å². The summed E-state index contributed by atoms with van der Waals surface area (Å²) < 4.78 is 0. The summed E-state index contributed by atoms with van der Waals surface area (Å²) >= 11 is 6.49. The predicted molar refractivity (Wildman–Crippen MR) is 56.0 cm³/mol. The summed E-state index contributed by atoms with van der Waals surface area (Å²) in [4.78, 5) is 0. The van der Waals surface area contributed by atoms with Crippen LogP contribution in [0.25, 0.3) is 0 Å². The molecule has 0 unspecified atom stereocenters. The smallest absolute Gasteiger partial charge is 0.195 e. The Morgan fingerprint density at radius 3 is 1.42 bits per heavy atom. The summed E-state index contributed by atoms with van der Waals surface area (Å²) in [5.41, 5.74) is 0. The van der Waals surface area contributed by atoms with Crippen molar-refractivity contribution < 1.29 is 0 Å². The molecule has 0 aromatic heterocycles. The number of rotatable bonds is 2. The highest BCUT2D eigenvalue weighted by Crippen LogP contribution is 2.44. The lowest BCUT2D eigenvalue weighted by Crippen LogP contribution is -2.17. The van der Waals surface area contributed by atoms with Gasteiger partial charge in [0.2, 0.25) is 0 Å². The van der Waals surface area contributed by atoms with Crippen molar-refractivity contribution in [2.75, 3.05) is 0 Å². The van der Waals surface area contributed by atoms with Crippen LogP contribution in [-0.2, 0) is 0 Å². The fourth-order valence-electron chi connectivity index (χ4n) is 2.94. The van der Waals surface area contributed by atoms with Crippen LogP contribution in [0.15, 0.2) is 0 Å². The molecule has 2 fully saturated rings. The third-order valence-corrected chi connectivity index (χ3v) is 4.41. The molecule has 2 aliphatic carbocycles. The molecule has 68 valence electrons. The van der Waals surface area contributed by atoms with E-state index >= 15 is 0 Å². The van der Waals surface area contributed by atoms with Gasteiger partial charge in [0.15, 0.2) is 0 Å².